The van der Waals surface area contributed by atoms with Gasteiger partial charge in [-0.1, -0.05) is 30.3 Å². The predicted molar refractivity (Wildman–Crippen MR) is 145 cm³/mol. The van der Waals surface area contributed by atoms with Crippen molar-refractivity contribution in [3.8, 4) is 0 Å². The molecule has 0 fully saturated rings. The SMILES string of the molecule is CN(C)C[C@@H](NC(=O)N1Cc2c(Nc3ncnc4ccsc34)n[nH]c2C1(C)C)c1ccccc1.S. The average molecular weight is 511 g/mol. The molecular weight excluding hydrogens is 480 g/mol. The maximum absolute atomic E-state index is 13.5. The Morgan fingerprint density at radius 1 is 1.20 bits per heavy atom. The Morgan fingerprint density at radius 3 is 2.71 bits per heavy atom. The van der Waals surface area contributed by atoms with Crippen LogP contribution >= 0.6 is 24.8 Å². The van der Waals surface area contributed by atoms with Crippen molar-refractivity contribution in [1.29, 1.82) is 0 Å². The number of hydrogen-bond acceptors (Lipinski definition) is 7. The van der Waals surface area contributed by atoms with E-state index in [1.807, 2.05) is 74.6 Å². The van der Waals surface area contributed by atoms with Crippen LogP contribution in [0.1, 0.15) is 36.7 Å². The van der Waals surface area contributed by atoms with Crippen LogP contribution in [0.15, 0.2) is 48.1 Å². The fraction of sp³-hybridized carbons (Fsp3) is 0.333. The van der Waals surface area contributed by atoms with Crippen LogP contribution in [0.2, 0.25) is 0 Å². The van der Waals surface area contributed by atoms with Gasteiger partial charge in [0, 0.05) is 12.1 Å². The van der Waals surface area contributed by atoms with Crippen molar-refractivity contribution in [3.05, 3.63) is 64.9 Å². The van der Waals surface area contributed by atoms with E-state index in [1.165, 1.54) is 0 Å². The van der Waals surface area contributed by atoms with E-state index >= 15 is 0 Å². The third-order valence-corrected chi connectivity index (χ3v) is 7.15. The van der Waals surface area contributed by atoms with Crippen LogP contribution in [0, 0.1) is 0 Å². The second-order valence-corrected chi connectivity index (χ2v) is 10.1. The number of carbonyl (C=O) groups is 1. The maximum Gasteiger partial charge on any atom is 0.319 e. The maximum atomic E-state index is 13.5. The van der Waals surface area contributed by atoms with Crippen LogP contribution in [0.4, 0.5) is 16.4 Å². The number of anilines is 2. The number of urea groups is 1. The number of aromatic amines is 1. The Morgan fingerprint density at radius 2 is 1.97 bits per heavy atom. The molecule has 3 aromatic heterocycles. The lowest BCUT2D eigenvalue weighted by atomic mass is 10.0. The van der Waals surface area contributed by atoms with Gasteiger partial charge in [-0.3, -0.25) is 5.10 Å². The normalized spacial score (nSPS) is 15.1. The van der Waals surface area contributed by atoms with Crippen molar-refractivity contribution >= 4 is 52.7 Å². The van der Waals surface area contributed by atoms with Crippen LogP contribution in [-0.2, 0) is 12.1 Å². The van der Waals surface area contributed by atoms with Gasteiger partial charge in [0.05, 0.1) is 34.0 Å². The van der Waals surface area contributed by atoms with Crippen molar-refractivity contribution in [1.82, 2.24) is 35.3 Å². The number of amides is 2. The van der Waals surface area contributed by atoms with E-state index in [2.05, 4.69) is 35.7 Å². The molecule has 4 heterocycles. The number of rotatable bonds is 6. The fourth-order valence-corrected chi connectivity index (χ4v) is 5.24. The summed E-state index contributed by atoms with van der Waals surface area (Å²) in [6.45, 7) is 5.21. The van der Waals surface area contributed by atoms with E-state index in [1.54, 1.807) is 17.7 Å². The molecule has 1 aliphatic rings. The summed E-state index contributed by atoms with van der Waals surface area (Å²) in [4.78, 5) is 26.2. The number of likely N-dealkylation sites (N-methyl/N-ethyl adjacent to an activating group) is 1. The molecule has 0 spiro atoms. The number of thiophene rings is 1. The lowest BCUT2D eigenvalue weighted by molar-refractivity contribution is 0.138. The highest BCUT2D eigenvalue weighted by atomic mass is 32.1. The molecule has 1 aromatic carbocycles. The number of H-pyrrole nitrogens is 1. The zero-order valence-electron chi connectivity index (χ0n) is 20.2. The molecule has 0 aliphatic carbocycles. The largest absolute Gasteiger partial charge is 0.330 e. The lowest BCUT2D eigenvalue weighted by Gasteiger charge is -2.34. The van der Waals surface area contributed by atoms with Crippen LogP contribution in [-0.4, -0.2) is 56.6 Å². The number of benzene rings is 1. The van der Waals surface area contributed by atoms with Crippen LogP contribution in [0.5, 0.6) is 0 Å². The summed E-state index contributed by atoms with van der Waals surface area (Å²) < 4.78 is 0.973. The molecule has 1 atom stereocenters. The molecule has 0 bridgehead atoms. The second kappa shape index (κ2) is 9.84. The van der Waals surface area contributed by atoms with Gasteiger partial charge in [-0.15, -0.1) is 11.3 Å². The monoisotopic (exact) mass is 510 g/mol. The smallest absolute Gasteiger partial charge is 0.319 e. The first-order valence-electron chi connectivity index (χ1n) is 11.2. The molecule has 3 N–H and O–H groups in total. The number of carbonyl (C=O) groups excluding carboxylic acids is 1. The summed E-state index contributed by atoms with van der Waals surface area (Å²) in [6.07, 6.45) is 1.54. The predicted octanol–water partition coefficient (Wildman–Crippen LogP) is 4.33. The van der Waals surface area contributed by atoms with E-state index in [0.717, 1.165) is 27.0 Å². The van der Waals surface area contributed by atoms with Gasteiger partial charge >= 0.3 is 6.03 Å². The minimum atomic E-state index is -0.546. The van der Waals surface area contributed by atoms with Gasteiger partial charge in [0.2, 0.25) is 0 Å². The van der Waals surface area contributed by atoms with Crippen LogP contribution in [0.25, 0.3) is 10.2 Å². The highest BCUT2D eigenvalue weighted by Crippen LogP contribution is 2.41. The Hall–Kier alpha value is -3.15. The molecule has 2 amide bonds. The Kier molecular flexibility index (Phi) is 7.02. The number of nitrogens with zero attached hydrogens (tertiary/aromatic N) is 5. The summed E-state index contributed by atoms with van der Waals surface area (Å²) in [5.41, 5.74) is 3.31. The van der Waals surface area contributed by atoms with E-state index in [-0.39, 0.29) is 25.6 Å². The quantitative estimate of drug-likeness (QED) is 0.357. The zero-order valence-corrected chi connectivity index (χ0v) is 22.0. The third kappa shape index (κ3) is 4.71. The summed E-state index contributed by atoms with van der Waals surface area (Å²) in [7, 11) is 4.02. The van der Waals surface area contributed by atoms with Crippen molar-refractivity contribution in [2.45, 2.75) is 32.0 Å². The van der Waals surface area contributed by atoms with E-state index in [0.29, 0.717) is 24.7 Å². The molecule has 0 unspecified atom stereocenters. The molecule has 0 saturated carbocycles. The van der Waals surface area contributed by atoms with Crippen molar-refractivity contribution in [2.75, 3.05) is 26.0 Å². The van der Waals surface area contributed by atoms with Gasteiger partial charge in [-0.2, -0.15) is 18.6 Å². The number of aromatic nitrogens is 4. The van der Waals surface area contributed by atoms with E-state index in [4.69, 9.17) is 0 Å². The Labute approximate surface area is 215 Å². The second-order valence-electron chi connectivity index (χ2n) is 9.23. The van der Waals surface area contributed by atoms with Gasteiger partial charge in [-0.05, 0) is 45.0 Å². The van der Waals surface area contributed by atoms with Gasteiger partial charge < -0.3 is 20.4 Å². The summed E-state index contributed by atoms with van der Waals surface area (Å²) >= 11 is 1.58. The van der Waals surface area contributed by atoms with E-state index < -0.39 is 5.54 Å². The fourth-order valence-electron chi connectivity index (χ4n) is 4.45. The topological polar surface area (TPSA) is 102 Å². The van der Waals surface area contributed by atoms with E-state index in [9.17, 15) is 4.79 Å². The standard InChI is InChI=1S/C24H28N8OS.H2S/c1-24(2)20-16(21(30-29-20)28-22-19-17(10-11-34-19)25-14-26-22)12-32(24)23(33)27-18(13-31(3)4)15-8-6-5-7-9-15;/h5-11,14,18H,12-13H2,1-4H3,(H,27,33)(H2,25,26,28,29,30);1H2/t18-;/m1./s1. The zero-order chi connectivity index (χ0) is 23.9. The lowest BCUT2D eigenvalue weighted by Crippen LogP contribution is -2.48. The summed E-state index contributed by atoms with van der Waals surface area (Å²) in [5.74, 6) is 1.39. The third-order valence-electron chi connectivity index (χ3n) is 6.24. The van der Waals surface area contributed by atoms with Gasteiger partial charge in [0.1, 0.15) is 6.33 Å². The van der Waals surface area contributed by atoms with Crippen LogP contribution < -0.4 is 10.6 Å². The Bertz CT molecular complexity index is 1320. The first-order valence-corrected chi connectivity index (χ1v) is 12.0. The van der Waals surface area contributed by atoms with Gasteiger partial charge in [0.25, 0.3) is 0 Å². The molecule has 184 valence electrons. The van der Waals surface area contributed by atoms with Crippen LogP contribution in [0.3, 0.4) is 0 Å². The number of hydrogen-bond donors (Lipinski definition) is 3. The Balaban J connectivity index is 0.00000289. The van der Waals surface area contributed by atoms with Crippen molar-refractivity contribution in [2.24, 2.45) is 0 Å². The number of fused-ring (bicyclic) bond motifs is 2. The first kappa shape index (κ1) is 25.0. The minimum absolute atomic E-state index is 0. The highest BCUT2D eigenvalue weighted by molar-refractivity contribution is 7.59. The molecule has 35 heavy (non-hydrogen) atoms. The van der Waals surface area contributed by atoms with Gasteiger partial charge in [-0.25, -0.2) is 14.8 Å². The molecule has 5 rings (SSSR count). The van der Waals surface area contributed by atoms with Crippen molar-refractivity contribution < 1.29 is 4.79 Å². The number of nitrogens with one attached hydrogen (secondary N) is 3. The summed E-state index contributed by atoms with van der Waals surface area (Å²) in [5, 5.41) is 16.3. The average Bonchev–Trinajstić information content (AvgIpc) is 3.50. The molecular formula is C24H30N8OS2. The first-order chi connectivity index (χ1) is 16.3. The van der Waals surface area contributed by atoms with Crippen molar-refractivity contribution in [3.63, 3.8) is 0 Å². The molecule has 0 radical (unpaired) electrons. The molecule has 11 heteroatoms. The molecule has 4 aromatic rings. The summed E-state index contributed by atoms with van der Waals surface area (Å²) in [6, 6.07) is 11.8. The van der Waals surface area contributed by atoms with Gasteiger partial charge in [0.15, 0.2) is 11.6 Å². The minimum Gasteiger partial charge on any atom is -0.330 e. The molecule has 1 aliphatic heterocycles. The molecule has 9 nitrogen and oxygen atoms in total. The molecule has 0 saturated heterocycles. The highest BCUT2D eigenvalue weighted by Gasteiger charge is 2.44.